The number of carbonyl (C=O) groups is 1. The van der Waals surface area contributed by atoms with Gasteiger partial charge in [-0.15, -0.1) is 11.3 Å². The summed E-state index contributed by atoms with van der Waals surface area (Å²) in [6.45, 7) is 0.228. The zero-order valence-electron chi connectivity index (χ0n) is 15.1. The Bertz CT molecular complexity index is 1110. The normalized spacial score (nSPS) is 13.3. The summed E-state index contributed by atoms with van der Waals surface area (Å²) in [5.41, 5.74) is 3.64. The molecule has 0 spiro atoms. The van der Waals surface area contributed by atoms with Crippen LogP contribution in [0.5, 0.6) is 0 Å². The van der Waals surface area contributed by atoms with Crippen LogP contribution in [0.2, 0.25) is 0 Å². The Morgan fingerprint density at radius 2 is 1.86 bits per heavy atom. The van der Waals surface area contributed by atoms with E-state index < -0.39 is 10.0 Å². The molecule has 28 heavy (non-hydrogen) atoms. The van der Waals surface area contributed by atoms with Crippen LogP contribution in [0.25, 0.3) is 0 Å². The maximum Gasteiger partial charge on any atom is 0.255 e. The van der Waals surface area contributed by atoms with Crippen LogP contribution >= 0.6 is 11.3 Å². The number of hydrogen-bond acceptors (Lipinski definition) is 4. The summed E-state index contributed by atoms with van der Waals surface area (Å²) < 4.78 is 27.7. The zero-order valence-corrected chi connectivity index (χ0v) is 16.8. The van der Waals surface area contributed by atoms with Crippen molar-refractivity contribution in [1.29, 1.82) is 0 Å². The van der Waals surface area contributed by atoms with E-state index in [4.69, 9.17) is 0 Å². The lowest BCUT2D eigenvalue weighted by atomic mass is 10.1. The molecule has 1 amide bonds. The van der Waals surface area contributed by atoms with Gasteiger partial charge >= 0.3 is 0 Å². The van der Waals surface area contributed by atoms with Crippen LogP contribution in [-0.4, -0.2) is 14.3 Å². The topological polar surface area (TPSA) is 75.3 Å². The van der Waals surface area contributed by atoms with Gasteiger partial charge in [-0.1, -0.05) is 18.2 Å². The number of anilines is 1. The Morgan fingerprint density at radius 1 is 1.00 bits per heavy atom. The molecule has 144 valence electrons. The fourth-order valence-electron chi connectivity index (χ4n) is 3.32. The molecule has 3 aromatic rings. The zero-order chi connectivity index (χ0) is 19.6. The third-order valence-electron chi connectivity index (χ3n) is 4.78. The van der Waals surface area contributed by atoms with Gasteiger partial charge in [0, 0.05) is 22.7 Å². The number of fused-ring (bicyclic) bond motifs is 1. The highest BCUT2D eigenvalue weighted by Gasteiger charge is 2.17. The smallest absolute Gasteiger partial charge is 0.255 e. The Kier molecular flexibility index (Phi) is 5.30. The Labute approximate surface area is 168 Å². The van der Waals surface area contributed by atoms with Crippen LogP contribution in [0.1, 0.15) is 32.8 Å². The van der Waals surface area contributed by atoms with Crippen LogP contribution in [0.4, 0.5) is 5.69 Å². The van der Waals surface area contributed by atoms with Gasteiger partial charge < -0.3 is 5.32 Å². The second kappa shape index (κ2) is 7.87. The van der Waals surface area contributed by atoms with Crippen molar-refractivity contribution in [3.05, 3.63) is 81.5 Å². The third-order valence-corrected chi connectivity index (χ3v) is 7.05. The summed E-state index contributed by atoms with van der Waals surface area (Å²) in [6, 6.07) is 15.8. The average Bonchev–Trinajstić information content (AvgIpc) is 3.38. The molecule has 1 aliphatic carbocycles. The van der Waals surface area contributed by atoms with Gasteiger partial charge in [0.2, 0.25) is 10.0 Å². The van der Waals surface area contributed by atoms with Crippen molar-refractivity contribution in [2.75, 3.05) is 5.32 Å². The van der Waals surface area contributed by atoms with Crippen molar-refractivity contribution < 1.29 is 13.2 Å². The molecule has 0 fully saturated rings. The molecule has 5 nitrogen and oxygen atoms in total. The van der Waals surface area contributed by atoms with Crippen molar-refractivity contribution in [2.45, 2.75) is 30.7 Å². The second-order valence-electron chi connectivity index (χ2n) is 6.72. The van der Waals surface area contributed by atoms with Crippen molar-refractivity contribution in [1.82, 2.24) is 4.72 Å². The molecule has 0 bridgehead atoms. The summed E-state index contributed by atoms with van der Waals surface area (Å²) in [4.78, 5) is 13.6. The lowest BCUT2D eigenvalue weighted by Gasteiger charge is -2.10. The number of aryl methyl sites for hydroxylation is 2. The fraction of sp³-hybridized carbons (Fsp3) is 0.190. The van der Waals surface area contributed by atoms with E-state index in [1.54, 1.807) is 12.1 Å². The van der Waals surface area contributed by atoms with Crippen LogP contribution in [0.15, 0.2) is 64.9 Å². The highest BCUT2D eigenvalue weighted by Crippen LogP contribution is 2.25. The molecule has 1 heterocycles. The van der Waals surface area contributed by atoms with Crippen LogP contribution in [0, 0.1) is 0 Å². The van der Waals surface area contributed by atoms with Crippen molar-refractivity contribution >= 4 is 33.0 Å². The second-order valence-corrected chi connectivity index (χ2v) is 9.52. The first-order valence-electron chi connectivity index (χ1n) is 9.06. The van der Waals surface area contributed by atoms with Gasteiger partial charge in [-0.3, -0.25) is 4.79 Å². The number of amides is 1. The van der Waals surface area contributed by atoms with Gasteiger partial charge in [-0.2, -0.15) is 0 Å². The maximum absolute atomic E-state index is 12.6. The summed E-state index contributed by atoms with van der Waals surface area (Å²) >= 11 is 1.49. The van der Waals surface area contributed by atoms with E-state index in [9.17, 15) is 13.2 Å². The molecule has 1 aliphatic rings. The quantitative estimate of drug-likeness (QED) is 0.643. The molecule has 2 aromatic carbocycles. The van der Waals surface area contributed by atoms with E-state index in [1.807, 2.05) is 35.7 Å². The number of hydrogen-bond donors (Lipinski definition) is 2. The molecule has 0 radical (unpaired) electrons. The molecule has 0 saturated carbocycles. The first kappa shape index (κ1) is 18.9. The summed E-state index contributed by atoms with van der Waals surface area (Å²) in [5, 5.41) is 4.76. The fourth-order valence-corrected chi connectivity index (χ4v) is 5.11. The van der Waals surface area contributed by atoms with E-state index >= 15 is 0 Å². The van der Waals surface area contributed by atoms with Crippen LogP contribution in [0.3, 0.4) is 0 Å². The molecular weight excluding hydrogens is 392 g/mol. The minimum absolute atomic E-state index is 0.0747. The van der Waals surface area contributed by atoms with E-state index in [2.05, 4.69) is 10.0 Å². The van der Waals surface area contributed by atoms with E-state index in [-0.39, 0.29) is 17.3 Å². The van der Waals surface area contributed by atoms with Crippen molar-refractivity contribution in [3.63, 3.8) is 0 Å². The number of rotatable bonds is 6. The number of nitrogens with one attached hydrogen (secondary N) is 2. The lowest BCUT2D eigenvalue weighted by Crippen LogP contribution is -2.23. The number of sulfonamides is 1. The SMILES string of the molecule is O=C(Nc1ccc2c(c1)CCC2)c1cccc(S(=O)(=O)NCc2cccs2)c1. The van der Waals surface area contributed by atoms with Crippen LogP contribution in [-0.2, 0) is 29.4 Å². The predicted octanol–water partition coefficient (Wildman–Crippen LogP) is 3.97. The van der Waals surface area contributed by atoms with Crippen LogP contribution < -0.4 is 10.0 Å². The van der Waals surface area contributed by atoms with Gasteiger partial charge in [0.1, 0.15) is 0 Å². The minimum atomic E-state index is -3.70. The van der Waals surface area contributed by atoms with E-state index in [0.717, 1.165) is 29.8 Å². The Hall–Kier alpha value is -2.48. The molecule has 0 saturated heterocycles. The Morgan fingerprint density at radius 3 is 2.68 bits per heavy atom. The van der Waals surface area contributed by atoms with E-state index in [0.29, 0.717) is 5.56 Å². The van der Waals surface area contributed by atoms with Gasteiger partial charge in [-0.25, -0.2) is 13.1 Å². The summed E-state index contributed by atoms with van der Waals surface area (Å²) in [5.74, 6) is -0.326. The molecule has 0 unspecified atom stereocenters. The third kappa shape index (κ3) is 4.16. The molecular formula is C21H20N2O3S2. The lowest BCUT2D eigenvalue weighted by molar-refractivity contribution is 0.102. The molecule has 0 atom stereocenters. The summed E-state index contributed by atoms with van der Waals surface area (Å²) in [6.07, 6.45) is 3.26. The largest absolute Gasteiger partial charge is 0.322 e. The number of benzene rings is 2. The first-order chi connectivity index (χ1) is 13.5. The standard InChI is InChI=1S/C21H20N2O3S2/c24-21(23-18-10-9-15-4-1-5-16(15)12-18)17-6-2-8-20(13-17)28(25,26)22-14-19-7-3-11-27-19/h2-3,6-13,22H,1,4-5,14H2,(H,23,24). The molecule has 0 aliphatic heterocycles. The Balaban J connectivity index is 1.48. The number of carbonyl (C=O) groups excluding carboxylic acids is 1. The monoisotopic (exact) mass is 412 g/mol. The van der Waals surface area contributed by atoms with Crippen molar-refractivity contribution in [3.8, 4) is 0 Å². The van der Waals surface area contributed by atoms with Gasteiger partial charge in [0.05, 0.1) is 4.90 Å². The predicted molar refractivity (Wildman–Crippen MR) is 111 cm³/mol. The number of thiophene rings is 1. The van der Waals surface area contributed by atoms with Gasteiger partial charge in [0.25, 0.3) is 5.91 Å². The van der Waals surface area contributed by atoms with E-state index in [1.165, 1.54) is 34.6 Å². The molecule has 7 heteroatoms. The molecule has 2 N–H and O–H groups in total. The van der Waals surface area contributed by atoms with Crippen molar-refractivity contribution in [2.24, 2.45) is 0 Å². The maximum atomic E-state index is 12.6. The highest BCUT2D eigenvalue weighted by molar-refractivity contribution is 7.89. The summed E-state index contributed by atoms with van der Waals surface area (Å²) in [7, 11) is -3.70. The highest BCUT2D eigenvalue weighted by atomic mass is 32.2. The molecule has 1 aromatic heterocycles. The average molecular weight is 413 g/mol. The molecule has 4 rings (SSSR count). The van der Waals surface area contributed by atoms with Gasteiger partial charge in [-0.05, 0) is 72.2 Å². The van der Waals surface area contributed by atoms with Gasteiger partial charge in [0.15, 0.2) is 0 Å². The minimum Gasteiger partial charge on any atom is -0.322 e. The first-order valence-corrected chi connectivity index (χ1v) is 11.4.